The van der Waals surface area contributed by atoms with E-state index in [1.807, 2.05) is 13.2 Å². The topological polar surface area (TPSA) is 52.6 Å². The van der Waals surface area contributed by atoms with Gasteiger partial charge in [-0.1, -0.05) is 19.3 Å². The summed E-state index contributed by atoms with van der Waals surface area (Å²) in [6, 6.07) is 0. The highest BCUT2D eigenvalue weighted by molar-refractivity contribution is 7.11. The van der Waals surface area contributed by atoms with Crippen LogP contribution in [0.5, 0.6) is 0 Å². The van der Waals surface area contributed by atoms with Crippen LogP contribution in [0.2, 0.25) is 0 Å². The summed E-state index contributed by atoms with van der Waals surface area (Å²) in [4.78, 5) is 12.1. The third-order valence-corrected chi connectivity index (χ3v) is 4.29. The van der Waals surface area contributed by atoms with Crippen molar-refractivity contribution >= 4 is 17.3 Å². The first kappa shape index (κ1) is 18.9. The maximum absolute atomic E-state index is 4.34. The molecule has 5 nitrogen and oxygen atoms in total. The maximum atomic E-state index is 4.34. The molecule has 2 N–H and O–H groups in total. The molecule has 0 aliphatic rings. The van der Waals surface area contributed by atoms with E-state index in [9.17, 15) is 0 Å². The summed E-state index contributed by atoms with van der Waals surface area (Å²) in [5.41, 5.74) is 0. The summed E-state index contributed by atoms with van der Waals surface area (Å²) in [5, 5.41) is 7.77. The second kappa shape index (κ2) is 11.4. The highest BCUT2D eigenvalue weighted by Crippen LogP contribution is 2.10. The fourth-order valence-electron chi connectivity index (χ4n) is 2.15. The quantitative estimate of drug-likeness (QED) is 0.394. The molecule has 22 heavy (non-hydrogen) atoms. The molecule has 126 valence electrons. The Morgan fingerprint density at radius 2 is 1.91 bits per heavy atom. The van der Waals surface area contributed by atoms with Crippen LogP contribution in [0.15, 0.2) is 11.2 Å². The first-order chi connectivity index (χ1) is 10.6. The molecule has 6 heteroatoms. The van der Waals surface area contributed by atoms with Gasteiger partial charge in [0, 0.05) is 24.7 Å². The lowest BCUT2D eigenvalue weighted by Crippen LogP contribution is -2.37. The standard InChI is InChI=1S/C16H31N5S/c1-14-12-19-15(22-14)13-20-16(17-2)18-10-8-6-5-7-9-11-21(3)4/h12H,5-11,13H2,1-4H3,(H2,17,18,20). The van der Waals surface area contributed by atoms with Gasteiger partial charge in [-0.25, -0.2) is 4.98 Å². The lowest BCUT2D eigenvalue weighted by molar-refractivity contribution is 0.389. The Balaban J connectivity index is 2.02. The van der Waals surface area contributed by atoms with E-state index in [4.69, 9.17) is 0 Å². The lowest BCUT2D eigenvalue weighted by atomic mass is 10.1. The zero-order valence-electron chi connectivity index (χ0n) is 14.5. The lowest BCUT2D eigenvalue weighted by Gasteiger charge is -2.11. The second-order valence-corrected chi connectivity index (χ2v) is 7.11. The van der Waals surface area contributed by atoms with Crippen LogP contribution in [-0.2, 0) is 6.54 Å². The van der Waals surface area contributed by atoms with Crippen molar-refractivity contribution in [1.29, 1.82) is 0 Å². The number of hydrogen-bond donors (Lipinski definition) is 2. The van der Waals surface area contributed by atoms with E-state index in [1.54, 1.807) is 11.3 Å². The monoisotopic (exact) mass is 325 g/mol. The van der Waals surface area contributed by atoms with E-state index >= 15 is 0 Å². The Morgan fingerprint density at radius 1 is 1.18 bits per heavy atom. The van der Waals surface area contributed by atoms with E-state index < -0.39 is 0 Å². The minimum atomic E-state index is 0.739. The van der Waals surface area contributed by atoms with Crippen molar-refractivity contribution in [1.82, 2.24) is 20.5 Å². The average molecular weight is 326 g/mol. The Morgan fingerprint density at radius 3 is 2.55 bits per heavy atom. The Bertz CT molecular complexity index is 428. The Kier molecular flexibility index (Phi) is 9.82. The number of hydrogen-bond acceptors (Lipinski definition) is 4. The van der Waals surface area contributed by atoms with Crippen molar-refractivity contribution in [3.05, 3.63) is 16.1 Å². The van der Waals surface area contributed by atoms with Gasteiger partial charge in [0.2, 0.25) is 0 Å². The molecule has 0 fully saturated rings. The third kappa shape index (κ3) is 9.00. The van der Waals surface area contributed by atoms with Gasteiger partial charge in [-0.3, -0.25) is 4.99 Å². The first-order valence-corrected chi connectivity index (χ1v) is 8.94. The predicted molar refractivity (Wildman–Crippen MR) is 96.7 cm³/mol. The normalized spacial score (nSPS) is 12.0. The van der Waals surface area contributed by atoms with Gasteiger partial charge in [0.15, 0.2) is 5.96 Å². The number of guanidine groups is 1. The number of unbranched alkanes of at least 4 members (excludes halogenated alkanes) is 4. The largest absolute Gasteiger partial charge is 0.356 e. The van der Waals surface area contributed by atoms with Crippen LogP contribution in [0.1, 0.15) is 42.0 Å². The molecule has 0 atom stereocenters. The number of aromatic nitrogens is 1. The maximum Gasteiger partial charge on any atom is 0.191 e. The third-order valence-electron chi connectivity index (χ3n) is 3.37. The van der Waals surface area contributed by atoms with Crippen molar-refractivity contribution < 1.29 is 0 Å². The van der Waals surface area contributed by atoms with Crippen LogP contribution < -0.4 is 10.6 Å². The van der Waals surface area contributed by atoms with Crippen LogP contribution in [0, 0.1) is 6.92 Å². The van der Waals surface area contributed by atoms with Crippen LogP contribution in [0.4, 0.5) is 0 Å². The molecule has 0 saturated heterocycles. The summed E-state index contributed by atoms with van der Waals surface area (Å²) in [7, 11) is 6.08. The Hall–Kier alpha value is -1.14. The molecule has 0 aliphatic heterocycles. The van der Waals surface area contributed by atoms with Crippen molar-refractivity contribution in [3.8, 4) is 0 Å². The Labute approximate surface area is 139 Å². The molecular formula is C16H31N5S. The number of aliphatic imine (C=N–C) groups is 1. The number of nitrogens with one attached hydrogen (secondary N) is 2. The molecule has 0 bridgehead atoms. The van der Waals surface area contributed by atoms with Gasteiger partial charge in [-0.2, -0.15) is 0 Å². The molecule has 1 heterocycles. The van der Waals surface area contributed by atoms with E-state index in [1.165, 1.54) is 43.5 Å². The average Bonchev–Trinajstić information content (AvgIpc) is 2.90. The van der Waals surface area contributed by atoms with Crippen LogP contribution >= 0.6 is 11.3 Å². The summed E-state index contributed by atoms with van der Waals surface area (Å²) in [6.45, 7) is 4.99. The number of thiazole rings is 1. The van der Waals surface area contributed by atoms with Gasteiger partial charge in [0.1, 0.15) is 5.01 Å². The van der Waals surface area contributed by atoms with E-state index in [2.05, 4.69) is 46.5 Å². The molecule has 0 aromatic carbocycles. The molecule has 0 saturated carbocycles. The van der Waals surface area contributed by atoms with E-state index in [-0.39, 0.29) is 0 Å². The summed E-state index contributed by atoms with van der Waals surface area (Å²) >= 11 is 1.72. The van der Waals surface area contributed by atoms with Gasteiger partial charge in [-0.05, 0) is 40.4 Å². The second-order valence-electron chi connectivity index (χ2n) is 5.79. The van der Waals surface area contributed by atoms with Crippen LogP contribution in [-0.4, -0.2) is 50.1 Å². The first-order valence-electron chi connectivity index (χ1n) is 8.12. The molecule has 0 aliphatic carbocycles. The summed E-state index contributed by atoms with van der Waals surface area (Å²) in [5.74, 6) is 0.862. The van der Waals surface area contributed by atoms with Gasteiger partial charge in [-0.15, -0.1) is 11.3 Å². The minimum absolute atomic E-state index is 0.739. The van der Waals surface area contributed by atoms with Crippen LogP contribution in [0.25, 0.3) is 0 Å². The molecule has 1 aromatic rings. The number of nitrogens with zero attached hydrogens (tertiary/aromatic N) is 3. The van der Waals surface area contributed by atoms with Gasteiger partial charge < -0.3 is 15.5 Å². The van der Waals surface area contributed by atoms with E-state index in [0.717, 1.165) is 24.1 Å². The van der Waals surface area contributed by atoms with Gasteiger partial charge in [0.05, 0.1) is 6.54 Å². The van der Waals surface area contributed by atoms with Crippen molar-refractivity contribution in [3.63, 3.8) is 0 Å². The fraction of sp³-hybridized carbons (Fsp3) is 0.750. The molecular weight excluding hydrogens is 294 g/mol. The molecule has 1 rings (SSSR count). The fourth-order valence-corrected chi connectivity index (χ4v) is 2.88. The highest BCUT2D eigenvalue weighted by atomic mass is 32.1. The van der Waals surface area contributed by atoms with Crippen molar-refractivity contribution in [2.24, 2.45) is 4.99 Å². The molecule has 0 amide bonds. The zero-order valence-corrected chi connectivity index (χ0v) is 15.3. The smallest absolute Gasteiger partial charge is 0.191 e. The highest BCUT2D eigenvalue weighted by Gasteiger charge is 2.01. The van der Waals surface area contributed by atoms with Crippen LogP contribution in [0.3, 0.4) is 0 Å². The van der Waals surface area contributed by atoms with Crippen molar-refractivity contribution in [2.75, 3.05) is 34.2 Å². The number of rotatable bonds is 10. The number of aryl methyl sites for hydroxylation is 1. The predicted octanol–water partition coefficient (Wildman–Crippen LogP) is 2.63. The molecule has 0 radical (unpaired) electrons. The molecule has 0 spiro atoms. The molecule has 0 unspecified atom stereocenters. The van der Waals surface area contributed by atoms with Crippen molar-refractivity contribution in [2.45, 2.75) is 45.6 Å². The SMILES string of the molecule is CN=C(NCCCCCCCN(C)C)NCc1ncc(C)s1. The zero-order chi connectivity index (χ0) is 16.2. The molecule has 1 aromatic heterocycles. The minimum Gasteiger partial charge on any atom is -0.356 e. The summed E-state index contributed by atoms with van der Waals surface area (Å²) < 4.78 is 0. The summed E-state index contributed by atoms with van der Waals surface area (Å²) in [6.07, 6.45) is 8.33. The van der Waals surface area contributed by atoms with Gasteiger partial charge >= 0.3 is 0 Å². The van der Waals surface area contributed by atoms with Gasteiger partial charge in [0.25, 0.3) is 0 Å². The van der Waals surface area contributed by atoms with E-state index in [0.29, 0.717) is 0 Å².